The zero-order valence-electron chi connectivity index (χ0n) is 11.8. The highest BCUT2D eigenvalue weighted by molar-refractivity contribution is 7.12. The summed E-state index contributed by atoms with van der Waals surface area (Å²) in [4.78, 5) is 41.6. The maximum absolute atomic E-state index is 12.2. The van der Waals surface area contributed by atoms with Gasteiger partial charge < -0.3 is 4.90 Å². The first-order valence-electron chi connectivity index (χ1n) is 6.95. The van der Waals surface area contributed by atoms with E-state index in [2.05, 4.69) is 0 Å². The van der Waals surface area contributed by atoms with E-state index in [4.69, 9.17) is 0 Å². The average molecular weight is 307 g/mol. The Kier molecular flexibility index (Phi) is 3.77. The minimum atomic E-state index is -0.346. The zero-order valence-corrected chi connectivity index (χ0v) is 12.6. The van der Waals surface area contributed by atoms with Crippen LogP contribution >= 0.6 is 11.3 Å². The molecule has 3 heterocycles. The van der Waals surface area contributed by atoms with Gasteiger partial charge in [0.05, 0.1) is 17.3 Å². The minimum Gasteiger partial charge on any atom is -0.335 e. The molecule has 1 aromatic heterocycles. The van der Waals surface area contributed by atoms with Crippen LogP contribution in [0.2, 0.25) is 0 Å². The van der Waals surface area contributed by atoms with Crippen LogP contribution in [0.25, 0.3) is 0 Å². The molecular formula is C14H17N3O3S. The van der Waals surface area contributed by atoms with Gasteiger partial charge in [0, 0.05) is 33.2 Å². The Labute approximate surface area is 126 Å². The molecule has 0 bridgehead atoms. The van der Waals surface area contributed by atoms with Gasteiger partial charge in [-0.1, -0.05) is 6.07 Å². The van der Waals surface area contributed by atoms with E-state index >= 15 is 0 Å². The number of thiophene rings is 1. The fraction of sp³-hybridized carbons (Fsp3) is 0.500. The van der Waals surface area contributed by atoms with Gasteiger partial charge >= 0.3 is 0 Å². The summed E-state index contributed by atoms with van der Waals surface area (Å²) < 4.78 is 0. The van der Waals surface area contributed by atoms with Crippen LogP contribution in [0, 0.1) is 0 Å². The summed E-state index contributed by atoms with van der Waals surface area (Å²) >= 11 is 1.44. The Balaban J connectivity index is 1.60. The number of carbonyl (C=O) groups is 3. The van der Waals surface area contributed by atoms with Gasteiger partial charge in [-0.15, -0.1) is 11.3 Å². The van der Waals surface area contributed by atoms with Crippen LogP contribution in [0.15, 0.2) is 17.5 Å². The second-order valence-electron chi connectivity index (χ2n) is 5.32. The maximum Gasteiger partial charge on any atom is 0.264 e. The lowest BCUT2D eigenvalue weighted by molar-refractivity contribution is -0.138. The monoisotopic (exact) mass is 307 g/mol. The van der Waals surface area contributed by atoms with Crippen molar-refractivity contribution < 1.29 is 14.4 Å². The molecule has 0 saturated carbocycles. The van der Waals surface area contributed by atoms with Crippen LogP contribution in [0.4, 0.5) is 0 Å². The van der Waals surface area contributed by atoms with Crippen LogP contribution in [0.1, 0.15) is 16.1 Å². The molecule has 0 radical (unpaired) electrons. The highest BCUT2D eigenvalue weighted by Crippen LogP contribution is 2.20. The molecule has 2 saturated heterocycles. The number of nitrogens with zero attached hydrogens (tertiary/aromatic N) is 3. The van der Waals surface area contributed by atoms with Gasteiger partial charge in [0.1, 0.15) is 0 Å². The summed E-state index contributed by atoms with van der Waals surface area (Å²) in [5.41, 5.74) is 0. The van der Waals surface area contributed by atoms with Crippen molar-refractivity contribution in [1.29, 1.82) is 0 Å². The zero-order chi connectivity index (χ0) is 15.0. The lowest BCUT2D eigenvalue weighted by Crippen LogP contribution is -2.53. The number of amides is 3. The predicted octanol–water partition coefficient (Wildman–Crippen LogP) is 0.263. The van der Waals surface area contributed by atoms with Crippen LogP contribution in [0.3, 0.4) is 0 Å². The molecule has 6 nitrogen and oxygen atoms in total. The van der Waals surface area contributed by atoms with Crippen molar-refractivity contribution in [3.05, 3.63) is 22.4 Å². The van der Waals surface area contributed by atoms with Gasteiger partial charge in [0.25, 0.3) is 5.91 Å². The van der Waals surface area contributed by atoms with Crippen molar-refractivity contribution in [2.75, 3.05) is 33.2 Å². The Morgan fingerprint density at radius 3 is 2.48 bits per heavy atom. The first kappa shape index (κ1) is 14.2. The SMILES string of the molecule is CN1C(=O)CC(N2CCN(C(=O)c3cccs3)CC2)C1=O. The van der Waals surface area contributed by atoms with Crippen molar-refractivity contribution >= 4 is 29.1 Å². The Morgan fingerprint density at radius 1 is 1.24 bits per heavy atom. The van der Waals surface area contributed by atoms with E-state index in [-0.39, 0.29) is 30.2 Å². The third-order valence-corrected chi connectivity index (χ3v) is 4.99. The highest BCUT2D eigenvalue weighted by Gasteiger charge is 2.40. The van der Waals surface area contributed by atoms with Crippen molar-refractivity contribution in [3.63, 3.8) is 0 Å². The molecule has 2 aliphatic heterocycles. The van der Waals surface area contributed by atoms with E-state index in [1.165, 1.54) is 23.3 Å². The van der Waals surface area contributed by atoms with Gasteiger partial charge in [0.2, 0.25) is 11.8 Å². The van der Waals surface area contributed by atoms with Crippen LogP contribution in [0.5, 0.6) is 0 Å². The molecule has 7 heteroatoms. The summed E-state index contributed by atoms with van der Waals surface area (Å²) in [6, 6.07) is 3.35. The van der Waals surface area contributed by atoms with Gasteiger partial charge in [-0.05, 0) is 11.4 Å². The Hall–Kier alpha value is -1.73. The second-order valence-corrected chi connectivity index (χ2v) is 6.26. The van der Waals surface area contributed by atoms with E-state index < -0.39 is 0 Å². The summed E-state index contributed by atoms with van der Waals surface area (Å²) in [6.07, 6.45) is 0.258. The molecule has 21 heavy (non-hydrogen) atoms. The van der Waals surface area contributed by atoms with Crippen molar-refractivity contribution in [2.45, 2.75) is 12.5 Å². The largest absolute Gasteiger partial charge is 0.335 e. The summed E-state index contributed by atoms with van der Waals surface area (Å²) in [5, 5.41) is 1.89. The first-order valence-corrected chi connectivity index (χ1v) is 7.83. The van der Waals surface area contributed by atoms with Gasteiger partial charge in [-0.3, -0.25) is 24.2 Å². The topological polar surface area (TPSA) is 60.9 Å². The molecule has 2 fully saturated rings. The Bertz CT molecular complexity index is 564. The number of likely N-dealkylation sites (tertiary alicyclic amines) is 1. The number of carbonyl (C=O) groups excluding carboxylic acids is 3. The van der Waals surface area contributed by atoms with Crippen LogP contribution in [-0.4, -0.2) is 71.7 Å². The molecule has 1 atom stereocenters. The van der Waals surface area contributed by atoms with E-state index in [9.17, 15) is 14.4 Å². The third-order valence-electron chi connectivity index (χ3n) is 4.13. The molecule has 0 N–H and O–H groups in total. The smallest absolute Gasteiger partial charge is 0.264 e. The van der Waals surface area contributed by atoms with Crippen molar-refractivity contribution in [1.82, 2.24) is 14.7 Å². The van der Waals surface area contributed by atoms with Gasteiger partial charge in [0.15, 0.2) is 0 Å². The maximum atomic E-state index is 12.2. The third kappa shape index (κ3) is 2.58. The molecule has 0 aliphatic carbocycles. The summed E-state index contributed by atoms with van der Waals surface area (Å²) in [6.45, 7) is 2.46. The summed E-state index contributed by atoms with van der Waals surface area (Å²) in [7, 11) is 1.53. The number of rotatable bonds is 2. The molecule has 0 aromatic carbocycles. The van der Waals surface area contributed by atoms with E-state index in [0.717, 1.165) is 4.88 Å². The van der Waals surface area contributed by atoms with Gasteiger partial charge in [-0.2, -0.15) is 0 Å². The molecule has 112 valence electrons. The van der Waals surface area contributed by atoms with Crippen LogP contribution in [-0.2, 0) is 9.59 Å². The fourth-order valence-electron chi connectivity index (χ4n) is 2.81. The number of likely N-dealkylation sites (N-methyl/N-ethyl adjacent to an activating group) is 1. The lowest BCUT2D eigenvalue weighted by Gasteiger charge is -2.36. The molecule has 1 aromatic rings. The molecule has 3 amide bonds. The predicted molar refractivity (Wildman–Crippen MR) is 78.0 cm³/mol. The lowest BCUT2D eigenvalue weighted by atomic mass is 10.1. The standard InChI is InChI=1S/C14H17N3O3S/c1-15-12(18)9-10(13(15)19)16-4-6-17(7-5-16)14(20)11-3-2-8-21-11/h2-3,8,10H,4-7,9H2,1H3. The fourth-order valence-corrected chi connectivity index (χ4v) is 3.50. The number of piperazine rings is 1. The second kappa shape index (κ2) is 5.57. The first-order chi connectivity index (χ1) is 10.1. The van der Waals surface area contributed by atoms with Crippen molar-refractivity contribution in [2.24, 2.45) is 0 Å². The van der Waals surface area contributed by atoms with Crippen LogP contribution < -0.4 is 0 Å². The molecular weight excluding hydrogens is 290 g/mol. The molecule has 0 spiro atoms. The summed E-state index contributed by atoms with van der Waals surface area (Å²) in [5.74, 6) is -0.198. The molecule has 2 aliphatic rings. The molecule has 3 rings (SSSR count). The highest BCUT2D eigenvalue weighted by atomic mass is 32.1. The number of imide groups is 1. The van der Waals surface area contributed by atoms with Gasteiger partial charge in [-0.25, -0.2) is 0 Å². The van der Waals surface area contributed by atoms with E-state index in [1.54, 1.807) is 0 Å². The normalized spacial score (nSPS) is 24.0. The van der Waals surface area contributed by atoms with Crippen molar-refractivity contribution in [3.8, 4) is 0 Å². The van der Waals surface area contributed by atoms with E-state index in [0.29, 0.717) is 26.2 Å². The average Bonchev–Trinajstić information content (AvgIpc) is 3.12. The minimum absolute atomic E-state index is 0.0515. The molecule has 1 unspecified atom stereocenters. The Morgan fingerprint density at radius 2 is 1.95 bits per heavy atom. The van der Waals surface area contributed by atoms with E-state index in [1.807, 2.05) is 27.3 Å². The number of hydrogen-bond donors (Lipinski definition) is 0. The number of hydrogen-bond acceptors (Lipinski definition) is 5. The quantitative estimate of drug-likeness (QED) is 0.736.